The molecule has 3 rings (SSSR count). The number of rotatable bonds is 2. The van der Waals surface area contributed by atoms with Crippen LogP contribution in [0.2, 0.25) is 0 Å². The summed E-state index contributed by atoms with van der Waals surface area (Å²) in [5.74, 6) is 0. The van der Waals surface area contributed by atoms with Gasteiger partial charge in [-0.1, -0.05) is 22.9 Å². The molecule has 3 heteroatoms. The summed E-state index contributed by atoms with van der Waals surface area (Å²) in [5, 5.41) is 0. The van der Waals surface area contributed by atoms with E-state index in [4.69, 9.17) is 4.74 Å². The summed E-state index contributed by atoms with van der Waals surface area (Å²) in [5.41, 5.74) is 3.43. The number of anilines is 1. The van der Waals surface area contributed by atoms with Crippen LogP contribution < -0.4 is 4.90 Å². The molecule has 2 aliphatic heterocycles. The van der Waals surface area contributed by atoms with Gasteiger partial charge in [0.05, 0.1) is 0 Å². The molecule has 0 amide bonds. The Kier molecular flexibility index (Phi) is 3.37. The van der Waals surface area contributed by atoms with Gasteiger partial charge in [0, 0.05) is 41.9 Å². The molecule has 1 aromatic carbocycles. The van der Waals surface area contributed by atoms with E-state index in [1.807, 2.05) is 0 Å². The molecule has 0 bridgehead atoms. The third-order valence-electron chi connectivity index (χ3n) is 4.37. The predicted molar refractivity (Wildman–Crippen MR) is 78.2 cm³/mol. The molecule has 0 aromatic heterocycles. The maximum atomic E-state index is 5.48. The van der Waals surface area contributed by atoms with Crippen molar-refractivity contribution >= 4 is 21.6 Å². The highest BCUT2D eigenvalue weighted by molar-refractivity contribution is 9.10. The van der Waals surface area contributed by atoms with Crippen molar-refractivity contribution in [1.82, 2.24) is 0 Å². The highest BCUT2D eigenvalue weighted by Gasteiger charge is 2.44. The summed E-state index contributed by atoms with van der Waals surface area (Å²) in [6, 6.07) is 6.67. The number of benzene rings is 1. The Morgan fingerprint density at radius 2 is 2.00 bits per heavy atom. The van der Waals surface area contributed by atoms with Crippen LogP contribution in [-0.2, 0) is 11.2 Å². The van der Waals surface area contributed by atoms with Crippen LogP contribution in [0, 0.1) is 5.41 Å². The van der Waals surface area contributed by atoms with E-state index in [1.54, 1.807) is 0 Å². The Hall–Kier alpha value is -0.540. The minimum Gasteiger partial charge on any atom is -0.381 e. The van der Waals surface area contributed by atoms with Gasteiger partial charge in [0.25, 0.3) is 0 Å². The average molecular weight is 310 g/mol. The minimum absolute atomic E-state index is 0.552. The van der Waals surface area contributed by atoms with Crippen LogP contribution in [0.3, 0.4) is 0 Å². The summed E-state index contributed by atoms with van der Waals surface area (Å²) in [6.45, 7) is 6.56. The molecule has 2 saturated heterocycles. The van der Waals surface area contributed by atoms with E-state index in [0.717, 1.165) is 19.6 Å². The van der Waals surface area contributed by atoms with Gasteiger partial charge in [0.15, 0.2) is 0 Å². The number of halogens is 1. The van der Waals surface area contributed by atoms with Crippen molar-refractivity contribution < 1.29 is 4.74 Å². The molecule has 18 heavy (non-hydrogen) atoms. The molecular weight excluding hydrogens is 290 g/mol. The summed E-state index contributed by atoms with van der Waals surface area (Å²) in [4.78, 5) is 2.54. The number of ether oxygens (including phenoxy) is 1. The van der Waals surface area contributed by atoms with Crippen LogP contribution in [-0.4, -0.2) is 26.3 Å². The molecule has 0 radical (unpaired) electrons. The fraction of sp³-hybridized carbons (Fsp3) is 0.600. The molecular formula is C15H20BrNO. The van der Waals surface area contributed by atoms with E-state index in [-0.39, 0.29) is 0 Å². The smallest absolute Gasteiger partial charge is 0.0472 e. The Balaban J connectivity index is 1.74. The van der Waals surface area contributed by atoms with E-state index in [1.165, 1.54) is 41.7 Å². The number of hydrogen-bond donors (Lipinski definition) is 0. The molecule has 1 spiro atoms. The largest absolute Gasteiger partial charge is 0.381 e. The predicted octanol–water partition coefficient (Wildman–Crippen LogP) is 3.63. The van der Waals surface area contributed by atoms with Crippen molar-refractivity contribution in [1.29, 1.82) is 0 Å². The van der Waals surface area contributed by atoms with Crippen LogP contribution in [0.4, 0.5) is 5.69 Å². The molecule has 0 unspecified atom stereocenters. The van der Waals surface area contributed by atoms with Crippen molar-refractivity contribution in [2.45, 2.75) is 26.2 Å². The van der Waals surface area contributed by atoms with E-state index in [2.05, 4.69) is 46.0 Å². The molecule has 1 aromatic rings. The second kappa shape index (κ2) is 4.86. The molecule has 2 nitrogen and oxygen atoms in total. The minimum atomic E-state index is 0.552. The zero-order valence-corrected chi connectivity index (χ0v) is 12.5. The zero-order valence-electron chi connectivity index (χ0n) is 10.9. The Bertz CT molecular complexity index is 432. The van der Waals surface area contributed by atoms with Crippen LogP contribution in [0.15, 0.2) is 22.7 Å². The third kappa shape index (κ3) is 2.19. The molecule has 0 N–H and O–H groups in total. The molecule has 0 saturated carbocycles. The van der Waals surface area contributed by atoms with Crippen LogP contribution >= 0.6 is 15.9 Å². The quantitative estimate of drug-likeness (QED) is 0.827. The van der Waals surface area contributed by atoms with Gasteiger partial charge < -0.3 is 9.64 Å². The van der Waals surface area contributed by atoms with Crippen LogP contribution in [0.1, 0.15) is 25.3 Å². The second-order valence-corrected chi connectivity index (χ2v) is 6.51. The van der Waals surface area contributed by atoms with Crippen LogP contribution in [0.25, 0.3) is 0 Å². The Morgan fingerprint density at radius 3 is 2.67 bits per heavy atom. The first-order valence-electron chi connectivity index (χ1n) is 6.84. The number of nitrogens with zero attached hydrogens (tertiary/aromatic N) is 1. The van der Waals surface area contributed by atoms with Gasteiger partial charge in [-0.15, -0.1) is 0 Å². The van der Waals surface area contributed by atoms with Gasteiger partial charge in [-0.05, 0) is 43.0 Å². The Morgan fingerprint density at radius 1 is 1.28 bits per heavy atom. The lowest BCUT2D eigenvalue weighted by molar-refractivity contribution is -0.000237. The van der Waals surface area contributed by atoms with E-state index in [9.17, 15) is 0 Å². The lowest BCUT2D eigenvalue weighted by Gasteiger charge is -2.53. The topological polar surface area (TPSA) is 12.5 Å². The van der Waals surface area contributed by atoms with E-state index in [0.29, 0.717) is 5.41 Å². The average Bonchev–Trinajstić information content (AvgIpc) is 2.37. The highest BCUT2D eigenvalue weighted by atomic mass is 79.9. The molecule has 2 aliphatic rings. The summed E-state index contributed by atoms with van der Waals surface area (Å²) in [6.07, 6.45) is 3.57. The lowest BCUT2D eigenvalue weighted by Crippen LogP contribution is -2.58. The van der Waals surface area contributed by atoms with Gasteiger partial charge in [0.2, 0.25) is 0 Å². The normalized spacial score (nSPS) is 22.0. The summed E-state index contributed by atoms with van der Waals surface area (Å²) < 4.78 is 6.66. The van der Waals surface area contributed by atoms with Gasteiger partial charge in [-0.3, -0.25) is 0 Å². The first-order chi connectivity index (χ1) is 8.72. The van der Waals surface area contributed by atoms with Crippen molar-refractivity contribution in [3.8, 4) is 0 Å². The van der Waals surface area contributed by atoms with Gasteiger partial charge in [-0.25, -0.2) is 0 Å². The van der Waals surface area contributed by atoms with Gasteiger partial charge in [-0.2, -0.15) is 0 Å². The van der Waals surface area contributed by atoms with E-state index < -0.39 is 0 Å². The van der Waals surface area contributed by atoms with Crippen molar-refractivity contribution in [2.24, 2.45) is 5.41 Å². The lowest BCUT2D eigenvalue weighted by atomic mass is 9.73. The highest BCUT2D eigenvalue weighted by Crippen LogP contribution is 2.43. The summed E-state index contributed by atoms with van der Waals surface area (Å²) >= 11 is 3.56. The molecule has 98 valence electrons. The molecule has 0 aliphatic carbocycles. The van der Waals surface area contributed by atoms with Crippen molar-refractivity contribution in [3.05, 3.63) is 28.2 Å². The maximum Gasteiger partial charge on any atom is 0.0472 e. The first-order valence-corrected chi connectivity index (χ1v) is 7.63. The standard InChI is InChI=1S/C15H20BrNO/c1-2-12-9-13(16)3-4-14(12)17-10-15(11-17)5-7-18-8-6-15/h3-4,9H,2,5-8,10-11H2,1H3. The second-order valence-electron chi connectivity index (χ2n) is 5.60. The monoisotopic (exact) mass is 309 g/mol. The molecule has 2 fully saturated rings. The molecule has 0 atom stereocenters. The number of hydrogen-bond acceptors (Lipinski definition) is 2. The van der Waals surface area contributed by atoms with Crippen LogP contribution in [0.5, 0.6) is 0 Å². The Labute approximate surface area is 117 Å². The number of aryl methyl sites for hydroxylation is 1. The third-order valence-corrected chi connectivity index (χ3v) is 4.86. The zero-order chi connectivity index (χ0) is 12.6. The van der Waals surface area contributed by atoms with Gasteiger partial charge >= 0.3 is 0 Å². The van der Waals surface area contributed by atoms with Crippen molar-refractivity contribution in [2.75, 3.05) is 31.2 Å². The fourth-order valence-corrected chi connectivity index (χ4v) is 3.61. The van der Waals surface area contributed by atoms with E-state index >= 15 is 0 Å². The van der Waals surface area contributed by atoms with Crippen molar-refractivity contribution in [3.63, 3.8) is 0 Å². The maximum absolute atomic E-state index is 5.48. The summed E-state index contributed by atoms with van der Waals surface area (Å²) in [7, 11) is 0. The molecule has 2 heterocycles. The fourth-order valence-electron chi connectivity index (χ4n) is 3.20. The van der Waals surface area contributed by atoms with Gasteiger partial charge in [0.1, 0.15) is 0 Å². The first kappa shape index (κ1) is 12.5. The SMILES string of the molecule is CCc1cc(Br)ccc1N1CC2(CCOCC2)C1.